The maximum Gasteiger partial charge on any atom is 0.222 e. The van der Waals surface area contributed by atoms with Crippen molar-refractivity contribution in [1.29, 1.82) is 0 Å². The van der Waals surface area contributed by atoms with Gasteiger partial charge in [-0.25, -0.2) is 0 Å². The van der Waals surface area contributed by atoms with Gasteiger partial charge in [-0.3, -0.25) is 9.59 Å². The van der Waals surface area contributed by atoms with E-state index >= 15 is 0 Å². The molecule has 0 aliphatic rings. The number of hydrogen-bond donors (Lipinski definition) is 3. The summed E-state index contributed by atoms with van der Waals surface area (Å²) < 4.78 is 0. The average Bonchev–Trinajstić information content (AvgIpc) is 2.36. The summed E-state index contributed by atoms with van der Waals surface area (Å²) in [5.74, 6) is -0.133. The highest BCUT2D eigenvalue weighted by molar-refractivity contribution is 5.89. The monoisotopic (exact) mass is 261 g/mol. The molecule has 102 valence electrons. The smallest absolute Gasteiger partial charge is 0.222 e. The van der Waals surface area contributed by atoms with Gasteiger partial charge in [0.15, 0.2) is 0 Å². The molecule has 0 spiro atoms. The lowest BCUT2D eigenvalue weighted by Gasteiger charge is -2.08. The first-order chi connectivity index (χ1) is 9.11. The van der Waals surface area contributed by atoms with Gasteiger partial charge in [-0.1, -0.05) is 12.1 Å². The molecule has 3 N–H and O–H groups in total. The quantitative estimate of drug-likeness (QED) is 0.655. The molecule has 0 unspecified atom stereocenters. The van der Waals surface area contributed by atoms with Gasteiger partial charge in [-0.2, -0.15) is 0 Å². The highest BCUT2D eigenvalue weighted by atomic mass is 16.2. The van der Waals surface area contributed by atoms with E-state index in [4.69, 9.17) is 0 Å². The minimum absolute atomic E-state index is 0.0228. The van der Waals surface area contributed by atoms with Gasteiger partial charge in [0.1, 0.15) is 0 Å². The second kappa shape index (κ2) is 7.92. The number of benzene rings is 1. The van der Waals surface area contributed by atoms with Crippen LogP contribution in [0.2, 0.25) is 0 Å². The van der Waals surface area contributed by atoms with Gasteiger partial charge in [-0.05, 0) is 18.2 Å². The second-order valence-electron chi connectivity index (χ2n) is 4.03. The Morgan fingerprint density at radius 3 is 2.74 bits per heavy atom. The molecule has 0 atom stereocenters. The van der Waals surface area contributed by atoms with Crippen molar-refractivity contribution in [3.8, 4) is 0 Å². The Hall–Kier alpha value is -2.30. The molecule has 2 amide bonds. The van der Waals surface area contributed by atoms with Crippen LogP contribution in [0.1, 0.15) is 13.3 Å². The first-order valence-corrected chi connectivity index (χ1v) is 6.11. The third kappa shape index (κ3) is 6.26. The molecule has 0 saturated heterocycles. The number of rotatable bonds is 7. The molecule has 1 rings (SSSR count). The van der Waals surface area contributed by atoms with E-state index < -0.39 is 0 Å². The SMILES string of the molecule is C=CCNC(=O)CCNc1cccc(NC(C)=O)c1. The van der Waals surface area contributed by atoms with Crippen molar-refractivity contribution in [2.75, 3.05) is 23.7 Å². The van der Waals surface area contributed by atoms with Gasteiger partial charge >= 0.3 is 0 Å². The number of nitrogens with one attached hydrogen (secondary N) is 3. The molecule has 0 aromatic heterocycles. The molecule has 0 radical (unpaired) electrons. The van der Waals surface area contributed by atoms with Crippen molar-refractivity contribution in [2.24, 2.45) is 0 Å². The second-order valence-corrected chi connectivity index (χ2v) is 4.03. The summed E-state index contributed by atoms with van der Waals surface area (Å²) in [5, 5.41) is 8.53. The van der Waals surface area contributed by atoms with Gasteiger partial charge in [0, 0.05) is 37.8 Å². The van der Waals surface area contributed by atoms with Crippen molar-refractivity contribution in [2.45, 2.75) is 13.3 Å². The van der Waals surface area contributed by atoms with Crippen LogP contribution in [0.5, 0.6) is 0 Å². The lowest BCUT2D eigenvalue weighted by molar-refractivity contribution is -0.120. The van der Waals surface area contributed by atoms with Gasteiger partial charge in [0.25, 0.3) is 0 Å². The van der Waals surface area contributed by atoms with Crippen LogP contribution in [0.3, 0.4) is 0 Å². The zero-order valence-corrected chi connectivity index (χ0v) is 11.0. The van der Waals surface area contributed by atoms with E-state index in [1.807, 2.05) is 24.3 Å². The summed E-state index contributed by atoms with van der Waals surface area (Å²) >= 11 is 0. The summed E-state index contributed by atoms with van der Waals surface area (Å²) in [7, 11) is 0. The van der Waals surface area contributed by atoms with E-state index in [0.717, 1.165) is 11.4 Å². The largest absolute Gasteiger partial charge is 0.384 e. The Morgan fingerprint density at radius 1 is 1.32 bits per heavy atom. The number of carbonyl (C=O) groups is 2. The van der Waals surface area contributed by atoms with Crippen LogP contribution >= 0.6 is 0 Å². The molecule has 5 nitrogen and oxygen atoms in total. The Bertz CT molecular complexity index is 458. The summed E-state index contributed by atoms with van der Waals surface area (Å²) in [6, 6.07) is 7.35. The molecule has 0 heterocycles. The van der Waals surface area contributed by atoms with Gasteiger partial charge in [-0.15, -0.1) is 6.58 Å². The van der Waals surface area contributed by atoms with Crippen molar-refractivity contribution in [1.82, 2.24) is 5.32 Å². The van der Waals surface area contributed by atoms with Crippen LogP contribution in [-0.2, 0) is 9.59 Å². The molecular weight excluding hydrogens is 242 g/mol. The predicted molar refractivity (Wildman–Crippen MR) is 77.1 cm³/mol. The Balaban J connectivity index is 2.38. The predicted octanol–water partition coefficient (Wildman–Crippen LogP) is 1.75. The van der Waals surface area contributed by atoms with E-state index in [0.29, 0.717) is 19.5 Å². The van der Waals surface area contributed by atoms with Crippen LogP contribution in [0.15, 0.2) is 36.9 Å². The molecule has 1 aromatic carbocycles. The van der Waals surface area contributed by atoms with E-state index in [1.165, 1.54) is 6.92 Å². The van der Waals surface area contributed by atoms with Gasteiger partial charge in [0.05, 0.1) is 0 Å². The Morgan fingerprint density at radius 2 is 2.05 bits per heavy atom. The highest BCUT2D eigenvalue weighted by Gasteiger charge is 2.00. The molecular formula is C14H19N3O2. The summed E-state index contributed by atoms with van der Waals surface area (Å²) in [5.41, 5.74) is 1.59. The van der Waals surface area contributed by atoms with E-state index in [2.05, 4.69) is 22.5 Å². The summed E-state index contributed by atoms with van der Waals surface area (Å²) in [6.45, 7) is 6.01. The molecule has 0 fully saturated rings. The fraction of sp³-hybridized carbons (Fsp3) is 0.286. The molecule has 1 aromatic rings. The zero-order valence-electron chi connectivity index (χ0n) is 11.0. The standard InChI is InChI=1S/C14H19N3O2/c1-3-8-16-14(19)7-9-15-12-5-4-6-13(10-12)17-11(2)18/h3-6,10,15H,1,7-9H2,2H3,(H,16,19)(H,17,18). The Kier molecular flexibility index (Phi) is 6.15. The van der Waals surface area contributed by atoms with E-state index in [-0.39, 0.29) is 11.8 Å². The fourth-order valence-electron chi connectivity index (χ4n) is 1.50. The summed E-state index contributed by atoms with van der Waals surface area (Å²) in [6.07, 6.45) is 2.03. The van der Waals surface area contributed by atoms with E-state index in [9.17, 15) is 9.59 Å². The van der Waals surface area contributed by atoms with Crippen molar-refractivity contribution in [3.63, 3.8) is 0 Å². The maximum atomic E-state index is 11.3. The van der Waals surface area contributed by atoms with Gasteiger partial charge < -0.3 is 16.0 Å². The lowest BCUT2D eigenvalue weighted by Crippen LogP contribution is -2.25. The van der Waals surface area contributed by atoms with Gasteiger partial charge in [0.2, 0.25) is 11.8 Å². The number of hydrogen-bond acceptors (Lipinski definition) is 3. The minimum Gasteiger partial charge on any atom is -0.384 e. The first kappa shape index (κ1) is 14.8. The van der Waals surface area contributed by atoms with Crippen molar-refractivity contribution >= 4 is 23.2 Å². The Labute approximate surface area is 113 Å². The minimum atomic E-state index is -0.110. The maximum absolute atomic E-state index is 11.3. The molecule has 0 saturated carbocycles. The molecule has 0 aliphatic carbocycles. The number of amides is 2. The average molecular weight is 261 g/mol. The normalized spacial score (nSPS) is 9.53. The zero-order chi connectivity index (χ0) is 14.1. The lowest BCUT2D eigenvalue weighted by atomic mass is 10.2. The molecule has 19 heavy (non-hydrogen) atoms. The molecule has 5 heteroatoms. The van der Waals surface area contributed by atoms with Crippen LogP contribution in [-0.4, -0.2) is 24.9 Å². The number of carbonyl (C=O) groups excluding carboxylic acids is 2. The molecule has 0 bridgehead atoms. The fourth-order valence-corrected chi connectivity index (χ4v) is 1.50. The van der Waals surface area contributed by atoms with Crippen LogP contribution in [0, 0.1) is 0 Å². The topological polar surface area (TPSA) is 70.2 Å². The number of anilines is 2. The highest BCUT2D eigenvalue weighted by Crippen LogP contribution is 2.14. The first-order valence-electron chi connectivity index (χ1n) is 6.11. The third-order valence-corrected chi connectivity index (χ3v) is 2.31. The summed E-state index contributed by atoms with van der Waals surface area (Å²) in [4.78, 5) is 22.3. The van der Waals surface area contributed by atoms with Crippen molar-refractivity contribution in [3.05, 3.63) is 36.9 Å². The van der Waals surface area contributed by atoms with Crippen LogP contribution < -0.4 is 16.0 Å². The van der Waals surface area contributed by atoms with Crippen LogP contribution in [0.4, 0.5) is 11.4 Å². The molecule has 0 aliphatic heterocycles. The van der Waals surface area contributed by atoms with Crippen LogP contribution in [0.25, 0.3) is 0 Å². The van der Waals surface area contributed by atoms with Crippen molar-refractivity contribution < 1.29 is 9.59 Å². The third-order valence-electron chi connectivity index (χ3n) is 2.31. The van der Waals surface area contributed by atoms with E-state index in [1.54, 1.807) is 6.08 Å².